The Morgan fingerprint density at radius 3 is 2.20 bits per heavy atom. The van der Waals surface area contributed by atoms with Gasteiger partial charge in [-0.2, -0.15) is 0 Å². The number of amides is 1. The number of nitrogens with one attached hydrogen (secondary N) is 1. The lowest BCUT2D eigenvalue weighted by Crippen LogP contribution is -2.48. The van der Waals surface area contributed by atoms with E-state index in [0.29, 0.717) is 13.2 Å². The van der Waals surface area contributed by atoms with E-state index in [2.05, 4.69) is 5.32 Å². The fourth-order valence-electron chi connectivity index (χ4n) is 1.39. The largest absolute Gasteiger partial charge is 0.458 e. The molecule has 0 aromatic rings. The molecular formula is C14H27NO5. The van der Waals surface area contributed by atoms with Crippen molar-refractivity contribution in [3.63, 3.8) is 0 Å². The summed E-state index contributed by atoms with van der Waals surface area (Å²) in [5.74, 6) is -0.837. The van der Waals surface area contributed by atoms with Crippen LogP contribution in [0.4, 0.5) is 0 Å². The molecule has 0 unspecified atom stereocenters. The molecule has 0 spiro atoms. The summed E-state index contributed by atoms with van der Waals surface area (Å²) in [6.45, 7) is 9.72. The molecule has 1 N–H and O–H groups in total. The Bertz CT molecular complexity index is 309. The molecule has 1 amide bonds. The Morgan fingerprint density at radius 2 is 1.75 bits per heavy atom. The van der Waals surface area contributed by atoms with Gasteiger partial charge in [-0.25, -0.2) is 4.79 Å². The molecule has 0 aliphatic heterocycles. The Balaban J connectivity index is 4.33. The Labute approximate surface area is 121 Å². The van der Waals surface area contributed by atoms with Gasteiger partial charge in [0.05, 0.1) is 13.2 Å². The summed E-state index contributed by atoms with van der Waals surface area (Å²) in [6.07, 6.45) is 0. The van der Waals surface area contributed by atoms with Crippen LogP contribution in [-0.2, 0) is 23.8 Å². The Hall–Kier alpha value is -1.14. The summed E-state index contributed by atoms with van der Waals surface area (Å²) >= 11 is 0. The lowest BCUT2D eigenvalue weighted by molar-refractivity contribution is -0.160. The first kappa shape index (κ1) is 18.9. The molecular weight excluding hydrogens is 262 g/mol. The van der Waals surface area contributed by atoms with Crippen molar-refractivity contribution in [2.24, 2.45) is 5.92 Å². The van der Waals surface area contributed by atoms with Crippen molar-refractivity contribution in [3.05, 3.63) is 0 Å². The second-order valence-electron chi connectivity index (χ2n) is 5.87. The maximum atomic E-state index is 12.0. The van der Waals surface area contributed by atoms with Crippen LogP contribution in [-0.4, -0.2) is 50.4 Å². The van der Waals surface area contributed by atoms with Gasteiger partial charge in [0.1, 0.15) is 18.2 Å². The first-order valence-corrected chi connectivity index (χ1v) is 6.76. The summed E-state index contributed by atoms with van der Waals surface area (Å²) in [7, 11) is 1.56. The van der Waals surface area contributed by atoms with Crippen LogP contribution in [0.1, 0.15) is 34.6 Å². The first-order chi connectivity index (χ1) is 9.17. The van der Waals surface area contributed by atoms with Gasteiger partial charge in [0.25, 0.3) is 0 Å². The first-order valence-electron chi connectivity index (χ1n) is 6.76. The molecule has 0 saturated heterocycles. The normalized spacial score (nSPS) is 13.2. The summed E-state index contributed by atoms with van der Waals surface area (Å²) in [6, 6.07) is -0.673. The number of hydrogen-bond donors (Lipinski definition) is 1. The molecule has 0 aromatic carbocycles. The number of methoxy groups -OCH3 is 1. The summed E-state index contributed by atoms with van der Waals surface area (Å²) in [5, 5.41) is 2.64. The van der Waals surface area contributed by atoms with Gasteiger partial charge < -0.3 is 19.5 Å². The topological polar surface area (TPSA) is 73.9 Å². The summed E-state index contributed by atoms with van der Waals surface area (Å²) in [4.78, 5) is 23.7. The predicted octanol–water partition coefficient (Wildman–Crippen LogP) is 1.13. The third kappa shape index (κ3) is 8.87. The van der Waals surface area contributed by atoms with E-state index in [4.69, 9.17) is 14.2 Å². The molecule has 0 aromatic heterocycles. The van der Waals surface area contributed by atoms with E-state index in [1.165, 1.54) is 0 Å². The van der Waals surface area contributed by atoms with Gasteiger partial charge in [-0.1, -0.05) is 13.8 Å². The summed E-state index contributed by atoms with van der Waals surface area (Å²) in [5.41, 5.74) is -0.579. The average Bonchev–Trinajstić information content (AvgIpc) is 2.29. The molecule has 6 nitrogen and oxygen atoms in total. The highest BCUT2D eigenvalue weighted by molar-refractivity contribution is 5.85. The van der Waals surface area contributed by atoms with E-state index in [1.807, 2.05) is 13.8 Å². The van der Waals surface area contributed by atoms with Crippen LogP contribution in [0.3, 0.4) is 0 Å². The molecule has 0 aliphatic carbocycles. The minimum atomic E-state index is -0.673. The molecule has 118 valence electrons. The highest BCUT2D eigenvalue weighted by Gasteiger charge is 2.29. The van der Waals surface area contributed by atoms with Gasteiger partial charge in [0.15, 0.2) is 0 Å². The second kappa shape index (κ2) is 8.92. The number of hydrogen-bond acceptors (Lipinski definition) is 5. The van der Waals surface area contributed by atoms with Crippen LogP contribution in [0.15, 0.2) is 0 Å². The monoisotopic (exact) mass is 289 g/mol. The minimum absolute atomic E-state index is 0.0622. The number of ether oxygens (including phenoxy) is 3. The fourth-order valence-corrected chi connectivity index (χ4v) is 1.39. The zero-order chi connectivity index (χ0) is 15.8. The van der Waals surface area contributed by atoms with Crippen molar-refractivity contribution >= 4 is 11.9 Å². The molecule has 6 heteroatoms. The summed E-state index contributed by atoms with van der Waals surface area (Å²) < 4.78 is 15.2. The highest BCUT2D eigenvalue weighted by atomic mass is 16.6. The predicted molar refractivity (Wildman–Crippen MR) is 75.3 cm³/mol. The van der Waals surface area contributed by atoms with Crippen LogP contribution < -0.4 is 5.32 Å². The Kier molecular flexibility index (Phi) is 8.41. The number of carbonyl (C=O) groups is 2. The zero-order valence-electron chi connectivity index (χ0n) is 13.3. The van der Waals surface area contributed by atoms with Crippen molar-refractivity contribution in [1.29, 1.82) is 0 Å². The van der Waals surface area contributed by atoms with Crippen LogP contribution in [0.25, 0.3) is 0 Å². The fraction of sp³-hybridized carbons (Fsp3) is 0.857. The molecule has 0 radical (unpaired) electrons. The van der Waals surface area contributed by atoms with Gasteiger partial charge in [0, 0.05) is 7.11 Å². The van der Waals surface area contributed by atoms with Crippen molar-refractivity contribution in [1.82, 2.24) is 5.32 Å². The van der Waals surface area contributed by atoms with Crippen LogP contribution in [0.2, 0.25) is 0 Å². The van der Waals surface area contributed by atoms with Gasteiger partial charge in [-0.3, -0.25) is 4.79 Å². The van der Waals surface area contributed by atoms with Gasteiger partial charge in [-0.15, -0.1) is 0 Å². The maximum Gasteiger partial charge on any atom is 0.329 e. The van der Waals surface area contributed by atoms with E-state index in [1.54, 1.807) is 27.9 Å². The van der Waals surface area contributed by atoms with Crippen molar-refractivity contribution in [2.45, 2.75) is 46.3 Å². The minimum Gasteiger partial charge on any atom is -0.458 e. The van der Waals surface area contributed by atoms with E-state index >= 15 is 0 Å². The molecule has 20 heavy (non-hydrogen) atoms. The quantitative estimate of drug-likeness (QED) is 0.535. The van der Waals surface area contributed by atoms with Gasteiger partial charge in [0.2, 0.25) is 5.91 Å². The van der Waals surface area contributed by atoms with Crippen molar-refractivity contribution < 1.29 is 23.8 Å². The molecule has 0 rings (SSSR count). The Morgan fingerprint density at radius 1 is 1.15 bits per heavy atom. The molecule has 0 heterocycles. The van der Waals surface area contributed by atoms with Crippen LogP contribution in [0.5, 0.6) is 0 Å². The van der Waals surface area contributed by atoms with E-state index < -0.39 is 17.6 Å². The van der Waals surface area contributed by atoms with Crippen LogP contribution in [0, 0.1) is 5.92 Å². The molecule has 0 saturated carbocycles. The third-order valence-electron chi connectivity index (χ3n) is 2.31. The second-order valence-corrected chi connectivity index (χ2v) is 5.87. The lowest BCUT2D eigenvalue weighted by atomic mass is 10.0. The smallest absolute Gasteiger partial charge is 0.329 e. The SMILES string of the molecule is COCCOCC(=O)N[C@H](C(=O)OC(C)(C)C)C(C)C. The van der Waals surface area contributed by atoms with Crippen molar-refractivity contribution in [3.8, 4) is 0 Å². The number of rotatable bonds is 8. The third-order valence-corrected chi connectivity index (χ3v) is 2.31. The van der Waals surface area contributed by atoms with Crippen LogP contribution >= 0.6 is 0 Å². The van der Waals surface area contributed by atoms with E-state index in [9.17, 15) is 9.59 Å². The van der Waals surface area contributed by atoms with Crippen molar-refractivity contribution in [2.75, 3.05) is 26.9 Å². The van der Waals surface area contributed by atoms with Gasteiger partial charge in [-0.05, 0) is 26.7 Å². The average molecular weight is 289 g/mol. The highest BCUT2D eigenvalue weighted by Crippen LogP contribution is 2.12. The number of esters is 1. The molecule has 0 aliphatic rings. The maximum absolute atomic E-state index is 12.0. The van der Waals surface area contributed by atoms with Gasteiger partial charge >= 0.3 is 5.97 Å². The number of carbonyl (C=O) groups excluding carboxylic acids is 2. The van der Waals surface area contributed by atoms with E-state index in [0.717, 1.165) is 0 Å². The zero-order valence-corrected chi connectivity index (χ0v) is 13.3. The molecule has 0 bridgehead atoms. The standard InChI is InChI=1S/C14H27NO5/c1-10(2)12(13(17)20-14(3,4)5)15-11(16)9-19-8-7-18-6/h10,12H,7-9H2,1-6H3,(H,15,16)/t12-/m0/s1. The van der Waals surface area contributed by atoms with E-state index in [-0.39, 0.29) is 18.4 Å². The lowest BCUT2D eigenvalue weighted by Gasteiger charge is -2.26. The molecule has 0 fully saturated rings. The molecule has 1 atom stereocenters.